The van der Waals surface area contributed by atoms with Crippen molar-refractivity contribution in [2.24, 2.45) is 11.1 Å². The Balaban J connectivity index is 2.43. The number of allylic oxidation sites excluding steroid dienone is 1. The lowest BCUT2D eigenvalue weighted by Crippen LogP contribution is -2.35. The van der Waals surface area contributed by atoms with Crippen molar-refractivity contribution in [3.63, 3.8) is 0 Å². The van der Waals surface area contributed by atoms with Gasteiger partial charge in [-0.15, -0.1) is 0 Å². The largest absolute Gasteiger partial charge is 0.598 e. The van der Waals surface area contributed by atoms with Crippen LogP contribution in [0.2, 0.25) is 0 Å². The third-order valence-corrected chi connectivity index (χ3v) is 3.08. The molecule has 0 spiro atoms. The molecular formula is C8H15NOS. The topological polar surface area (TPSA) is 49.1 Å². The predicted octanol–water partition coefficient (Wildman–Crippen LogP) is 1.35. The molecule has 0 aromatic rings. The molecule has 3 heteroatoms. The molecule has 11 heavy (non-hydrogen) atoms. The van der Waals surface area contributed by atoms with Gasteiger partial charge in [0.2, 0.25) is 0 Å². The summed E-state index contributed by atoms with van der Waals surface area (Å²) >= 11 is -1.25. The van der Waals surface area contributed by atoms with Gasteiger partial charge in [0.05, 0.1) is 0 Å². The summed E-state index contributed by atoms with van der Waals surface area (Å²) in [5.74, 6) is 0.734. The molecule has 0 heterocycles. The highest BCUT2D eigenvalue weighted by molar-refractivity contribution is 7.90. The maximum absolute atomic E-state index is 10.9. The lowest BCUT2D eigenvalue weighted by atomic mass is 10.2. The van der Waals surface area contributed by atoms with E-state index < -0.39 is 11.4 Å². The van der Waals surface area contributed by atoms with Crippen LogP contribution in [-0.2, 0) is 11.4 Å². The van der Waals surface area contributed by atoms with Crippen molar-refractivity contribution in [2.75, 3.05) is 0 Å². The van der Waals surface area contributed by atoms with Gasteiger partial charge in [-0.25, -0.2) is 0 Å². The summed E-state index contributed by atoms with van der Waals surface area (Å²) in [5, 5.41) is 5.30. The first-order chi connectivity index (χ1) is 5.02. The number of rotatable bonds is 3. The van der Waals surface area contributed by atoms with Crippen molar-refractivity contribution in [1.29, 1.82) is 0 Å². The minimum Gasteiger partial charge on any atom is -0.598 e. The highest BCUT2D eigenvalue weighted by atomic mass is 32.2. The maximum atomic E-state index is 10.9. The highest BCUT2D eigenvalue weighted by Crippen LogP contribution is 2.31. The van der Waals surface area contributed by atoms with Crippen LogP contribution in [0.1, 0.15) is 26.7 Å². The first kappa shape index (κ1) is 9.10. The second-order valence-electron chi connectivity index (χ2n) is 3.60. The van der Waals surface area contributed by atoms with Gasteiger partial charge in [-0.2, -0.15) is 5.14 Å². The van der Waals surface area contributed by atoms with E-state index in [1.807, 2.05) is 19.9 Å². The molecule has 0 aliphatic heterocycles. The SMILES string of the molecule is CC(C)(/C=C/C1CC1)[S+](N)[O-]. The number of hydrogen-bond donors (Lipinski definition) is 1. The van der Waals surface area contributed by atoms with Crippen molar-refractivity contribution in [3.05, 3.63) is 12.2 Å². The molecular weight excluding hydrogens is 158 g/mol. The summed E-state index contributed by atoms with van der Waals surface area (Å²) in [4.78, 5) is 0. The Kier molecular flexibility index (Phi) is 2.62. The van der Waals surface area contributed by atoms with Gasteiger partial charge >= 0.3 is 0 Å². The lowest BCUT2D eigenvalue weighted by Gasteiger charge is -2.19. The van der Waals surface area contributed by atoms with Crippen LogP contribution in [0.3, 0.4) is 0 Å². The minimum atomic E-state index is -1.25. The summed E-state index contributed by atoms with van der Waals surface area (Å²) in [6.45, 7) is 3.78. The van der Waals surface area contributed by atoms with Gasteiger partial charge in [0.25, 0.3) is 0 Å². The Morgan fingerprint density at radius 2 is 2.09 bits per heavy atom. The molecule has 1 aliphatic rings. The van der Waals surface area contributed by atoms with E-state index in [1.165, 1.54) is 12.8 Å². The van der Waals surface area contributed by atoms with Gasteiger partial charge in [-0.1, -0.05) is 6.08 Å². The van der Waals surface area contributed by atoms with E-state index in [9.17, 15) is 4.55 Å². The van der Waals surface area contributed by atoms with E-state index in [0.717, 1.165) is 5.92 Å². The van der Waals surface area contributed by atoms with Gasteiger partial charge in [-0.05, 0) is 38.7 Å². The first-order valence-corrected chi connectivity index (χ1v) is 5.09. The molecule has 64 valence electrons. The average Bonchev–Trinajstić information content (AvgIpc) is 2.65. The number of nitrogens with two attached hydrogens (primary N) is 1. The van der Waals surface area contributed by atoms with Gasteiger partial charge in [0.1, 0.15) is 0 Å². The molecule has 1 rings (SSSR count). The molecule has 0 aromatic carbocycles. The van der Waals surface area contributed by atoms with Crippen LogP contribution < -0.4 is 5.14 Å². The van der Waals surface area contributed by atoms with E-state index >= 15 is 0 Å². The summed E-state index contributed by atoms with van der Waals surface area (Å²) in [7, 11) is 0. The zero-order chi connectivity index (χ0) is 8.48. The zero-order valence-electron chi connectivity index (χ0n) is 7.04. The molecule has 1 fully saturated rings. The van der Waals surface area contributed by atoms with Crippen LogP contribution >= 0.6 is 0 Å². The minimum absolute atomic E-state index is 0.359. The standard InChI is InChI=1S/C8H15NOS/c1-8(2,11(9)10)6-5-7-3-4-7/h5-7H,3-4,9H2,1-2H3/b6-5+. The van der Waals surface area contributed by atoms with Crippen molar-refractivity contribution in [1.82, 2.24) is 0 Å². The van der Waals surface area contributed by atoms with Gasteiger partial charge in [-0.3, -0.25) is 0 Å². The molecule has 0 radical (unpaired) electrons. The predicted molar refractivity (Wildman–Crippen MR) is 48.3 cm³/mol. The van der Waals surface area contributed by atoms with E-state index in [-0.39, 0.29) is 4.75 Å². The highest BCUT2D eigenvalue weighted by Gasteiger charge is 2.27. The molecule has 1 saturated carbocycles. The third-order valence-electron chi connectivity index (χ3n) is 1.91. The van der Waals surface area contributed by atoms with Crippen LogP contribution in [-0.4, -0.2) is 9.30 Å². The average molecular weight is 173 g/mol. The van der Waals surface area contributed by atoms with E-state index in [0.29, 0.717) is 0 Å². The number of hydrogen-bond acceptors (Lipinski definition) is 2. The second-order valence-corrected chi connectivity index (χ2v) is 5.24. The van der Waals surface area contributed by atoms with Crippen LogP contribution in [0.25, 0.3) is 0 Å². The van der Waals surface area contributed by atoms with Gasteiger partial charge in [0, 0.05) is 11.4 Å². The smallest absolute Gasteiger partial charge is 0.157 e. The fraction of sp³-hybridized carbons (Fsp3) is 0.750. The fourth-order valence-electron chi connectivity index (χ4n) is 0.724. The molecule has 1 unspecified atom stereocenters. The Morgan fingerprint density at radius 3 is 2.45 bits per heavy atom. The van der Waals surface area contributed by atoms with E-state index in [1.54, 1.807) is 0 Å². The molecule has 0 amide bonds. The Morgan fingerprint density at radius 1 is 1.55 bits per heavy atom. The van der Waals surface area contributed by atoms with E-state index in [4.69, 9.17) is 5.14 Å². The fourth-order valence-corrected chi connectivity index (χ4v) is 0.936. The summed E-state index contributed by atoms with van der Waals surface area (Å²) in [5.41, 5.74) is 0. The van der Waals surface area contributed by atoms with Gasteiger partial charge in [0.15, 0.2) is 4.75 Å². The van der Waals surface area contributed by atoms with E-state index in [2.05, 4.69) is 6.08 Å². The molecule has 0 saturated heterocycles. The zero-order valence-corrected chi connectivity index (χ0v) is 7.86. The first-order valence-electron chi connectivity index (χ1n) is 3.88. The van der Waals surface area contributed by atoms with Crippen molar-refractivity contribution in [2.45, 2.75) is 31.4 Å². The van der Waals surface area contributed by atoms with Crippen LogP contribution in [0.4, 0.5) is 0 Å². The van der Waals surface area contributed by atoms with Crippen LogP contribution in [0.15, 0.2) is 12.2 Å². The summed E-state index contributed by atoms with van der Waals surface area (Å²) in [6, 6.07) is 0. The molecule has 1 aliphatic carbocycles. The Hall–Kier alpha value is 0.01000. The maximum Gasteiger partial charge on any atom is 0.157 e. The Bertz CT molecular complexity index is 161. The van der Waals surface area contributed by atoms with Gasteiger partial charge < -0.3 is 4.55 Å². The van der Waals surface area contributed by atoms with Crippen LogP contribution in [0, 0.1) is 5.92 Å². The third kappa shape index (κ3) is 2.85. The van der Waals surface area contributed by atoms with Crippen molar-refractivity contribution < 1.29 is 4.55 Å². The van der Waals surface area contributed by atoms with Crippen molar-refractivity contribution >= 4 is 11.4 Å². The molecule has 0 aromatic heterocycles. The second kappa shape index (κ2) is 3.17. The summed E-state index contributed by atoms with van der Waals surface area (Å²) < 4.78 is 10.6. The molecule has 0 bridgehead atoms. The molecule has 2 nitrogen and oxygen atoms in total. The monoisotopic (exact) mass is 173 g/mol. The summed E-state index contributed by atoms with van der Waals surface area (Å²) in [6.07, 6.45) is 6.67. The Labute approximate surface area is 71.2 Å². The molecule has 2 N–H and O–H groups in total. The quantitative estimate of drug-likeness (QED) is 0.517. The lowest BCUT2D eigenvalue weighted by molar-refractivity contribution is 0.572. The van der Waals surface area contributed by atoms with Crippen molar-refractivity contribution in [3.8, 4) is 0 Å². The normalized spacial score (nSPS) is 22.5. The van der Waals surface area contributed by atoms with Crippen LogP contribution in [0.5, 0.6) is 0 Å². The molecule has 1 atom stereocenters.